The number of benzene rings is 1. The molecule has 0 radical (unpaired) electrons. The monoisotopic (exact) mass is 258 g/mol. The molecule has 0 aromatic heterocycles. The first kappa shape index (κ1) is 12.9. The van der Waals surface area contributed by atoms with Crippen molar-refractivity contribution in [3.05, 3.63) is 33.9 Å². The molecule has 1 aromatic rings. The molecule has 2 N–H and O–H groups in total. The van der Waals surface area contributed by atoms with Gasteiger partial charge in [0.2, 0.25) is 5.91 Å². The third kappa shape index (κ3) is 3.15. The van der Waals surface area contributed by atoms with E-state index in [1.54, 1.807) is 0 Å². The molecular formula is C9H7ClN2O5. The molecule has 90 valence electrons. The molecule has 0 atom stereocenters. The number of hydrogen-bond acceptors (Lipinski definition) is 4. The van der Waals surface area contributed by atoms with Crippen LogP contribution in [0.25, 0.3) is 0 Å². The number of carbonyl (C=O) groups excluding carboxylic acids is 1. The van der Waals surface area contributed by atoms with E-state index < -0.39 is 22.5 Å². The standard InChI is InChI=1S/C9H7ClN2O5/c10-4-8(13)11-6-2-1-5(9(14)15)3-7(6)12(16)17/h1-3H,4H2,(H,11,13)(H,14,15). The van der Waals surface area contributed by atoms with Gasteiger partial charge in [0.25, 0.3) is 5.69 Å². The maximum Gasteiger partial charge on any atom is 0.335 e. The Balaban J connectivity index is 3.17. The summed E-state index contributed by atoms with van der Waals surface area (Å²) in [6.07, 6.45) is 0. The summed E-state index contributed by atoms with van der Waals surface area (Å²) in [6.45, 7) is 0. The lowest BCUT2D eigenvalue weighted by Crippen LogP contribution is -2.14. The van der Waals surface area contributed by atoms with Crippen LogP contribution in [0.4, 0.5) is 11.4 Å². The second-order valence-corrected chi connectivity index (χ2v) is 3.24. The van der Waals surface area contributed by atoms with Crippen molar-refractivity contribution in [2.24, 2.45) is 0 Å². The Morgan fingerprint density at radius 2 is 2.12 bits per heavy atom. The smallest absolute Gasteiger partial charge is 0.335 e. The zero-order valence-electron chi connectivity index (χ0n) is 8.34. The Kier molecular flexibility index (Phi) is 4.00. The van der Waals surface area contributed by atoms with Gasteiger partial charge in [-0.1, -0.05) is 0 Å². The largest absolute Gasteiger partial charge is 0.478 e. The van der Waals surface area contributed by atoms with E-state index in [2.05, 4.69) is 5.32 Å². The lowest BCUT2D eigenvalue weighted by atomic mass is 10.1. The second-order valence-electron chi connectivity index (χ2n) is 2.98. The van der Waals surface area contributed by atoms with Crippen LogP contribution in [-0.2, 0) is 4.79 Å². The molecule has 0 aliphatic carbocycles. The molecule has 1 aromatic carbocycles. The fourth-order valence-electron chi connectivity index (χ4n) is 1.11. The highest BCUT2D eigenvalue weighted by Gasteiger charge is 2.18. The van der Waals surface area contributed by atoms with Crippen molar-refractivity contribution in [3.8, 4) is 0 Å². The van der Waals surface area contributed by atoms with Gasteiger partial charge in [-0.2, -0.15) is 0 Å². The number of nitrogens with zero attached hydrogens (tertiary/aromatic N) is 1. The van der Waals surface area contributed by atoms with Crippen molar-refractivity contribution in [2.45, 2.75) is 0 Å². The normalized spacial score (nSPS) is 9.71. The lowest BCUT2D eigenvalue weighted by Gasteiger charge is -2.04. The Morgan fingerprint density at radius 3 is 2.59 bits per heavy atom. The minimum Gasteiger partial charge on any atom is -0.478 e. The van der Waals surface area contributed by atoms with Gasteiger partial charge in [-0.05, 0) is 12.1 Å². The van der Waals surface area contributed by atoms with Crippen LogP contribution in [0.2, 0.25) is 0 Å². The number of aromatic carboxylic acids is 1. The van der Waals surface area contributed by atoms with E-state index in [1.165, 1.54) is 0 Å². The number of anilines is 1. The Morgan fingerprint density at radius 1 is 1.47 bits per heavy atom. The van der Waals surface area contributed by atoms with Gasteiger partial charge in [-0.15, -0.1) is 11.6 Å². The first-order valence-corrected chi connectivity index (χ1v) is 4.86. The minimum atomic E-state index is -1.29. The van der Waals surface area contributed by atoms with E-state index in [-0.39, 0.29) is 17.1 Å². The number of nitro benzene ring substituents is 1. The molecule has 0 aliphatic heterocycles. The molecule has 0 heterocycles. The summed E-state index contributed by atoms with van der Waals surface area (Å²) in [6, 6.07) is 3.16. The number of nitro groups is 1. The van der Waals surface area contributed by atoms with Gasteiger partial charge in [-0.3, -0.25) is 14.9 Å². The van der Waals surface area contributed by atoms with Crippen LogP contribution in [0.15, 0.2) is 18.2 Å². The van der Waals surface area contributed by atoms with Crippen LogP contribution in [0.1, 0.15) is 10.4 Å². The fourth-order valence-corrected chi connectivity index (χ4v) is 1.17. The Labute approximate surface area is 100 Å². The predicted octanol–water partition coefficient (Wildman–Crippen LogP) is 1.47. The van der Waals surface area contributed by atoms with Gasteiger partial charge < -0.3 is 10.4 Å². The summed E-state index contributed by atoms with van der Waals surface area (Å²) in [4.78, 5) is 31.5. The van der Waals surface area contributed by atoms with E-state index >= 15 is 0 Å². The summed E-state index contributed by atoms with van der Waals surface area (Å²) >= 11 is 5.24. The first-order valence-electron chi connectivity index (χ1n) is 4.33. The van der Waals surface area contributed by atoms with Crippen LogP contribution in [0.5, 0.6) is 0 Å². The number of alkyl halides is 1. The number of carboxylic acids is 1. The summed E-state index contributed by atoms with van der Waals surface area (Å²) in [5.41, 5.74) is -0.824. The van der Waals surface area contributed by atoms with E-state index in [0.29, 0.717) is 0 Å². The van der Waals surface area contributed by atoms with Gasteiger partial charge in [-0.25, -0.2) is 4.79 Å². The molecule has 0 unspecified atom stereocenters. The zero-order valence-corrected chi connectivity index (χ0v) is 9.10. The van der Waals surface area contributed by atoms with Crippen molar-refractivity contribution in [1.29, 1.82) is 0 Å². The molecule has 0 saturated carbocycles. The van der Waals surface area contributed by atoms with Crippen molar-refractivity contribution in [3.63, 3.8) is 0 Å². The van der Waals surface area contributed by atoms with Crippen LogP contribution in [0.3, 0.4) is 0 Å². The Bertz CT molecular complexity index is 488. The third-order valence-electron chi connectivity index (χ3n) is 1.84. The number of amides is 1. The molecule has 17 heavy (non-hydrogen) atoms. The third-order valence-corrected chi connectivity index (χ3v) is 2.08. The van der Waals surface area contributed by atoms with E-state index in [4.69, 9.17) is 16.7 Å². The van der Waals surface area contributed by atoms with Crippen LogP contribution in [-0.4, -0.2) is 27.8 Å². The average molecular weight is 259 g/mol. The fraction of sp³-hybridized carbons (Fsp3) is 0.111. The van der Waals surface area contributed by atoms with Crippen LogP contribution in [0, 0.1) is 10.1 Å². The number of carboxylic acid groups (broad SMARTS) is 1. The highest BCUT2D eigenvalue weighted by atomic mass is 35.5. The molecule has 1 amide bonds. The summed E-state index contributed by atoms with van der Waals surface area (Å²) in [5.74, 6) is -2.25. The zero-order chi connectivity index (χ0) is 13.0. The maximum absolute atomic E-state index is 11.0. The van der Waals surface area contributed by atoms with Crippen LogP contribution >= 0.6 is 11.6 Å². The van der Waals surface area contributed by atoms with Crippen molar-refractivity contribution in [1.82, 2.24) is 0 Å². The van der Waals surface area contributed by atoms with Gasteiger partial charge in [0.05, 0.1) is 10.5 Å². The molecule has 0 spiro atoms. The van der Waals surface area contributed by atoms with E-state index in [0.717, 1.165) is 18.2 Å². The minimum absolute atomic E-state index is 0.0920. The molecule has 0 aliphatic rings. The molecule has 8 heteroatoms. The number of nitrogens with one attached hydrogen (secondary N) is 1. The maximum atomic E-state index is 11.0. The SMILES string of the molecule is O=C(CCl)Nc1ccc(C(=O)O)cc1[N+](=O)[O-]. The quantitative estimate of drug-likeness (QED) is 0.483. The summed E-state index contributed by atoms with van der Waals surface area (Å²) in [7, 11) is 0. The highest BCUT2D eigenvalue weighted by Crippen LogP contribution is 2.25. The highest BCUT2D eigenvalue weighted by molar-refractivity contribution is 6.29. The number of hydrogen-bond donors (Lipinski definition) is 2. The molecule has 0 saturated heterocycles. The molecule has 0 fully saturated rings. The summed E-state index contributed by atoms with van der Waals surface area (Å²) < 4.78 is 0. The van der Waals surface area contributed by atoms with E-state index in [9.17, 15) is 19.7 Å². The van der Waals surface area contributed by atoms with Crippen LogP contribution < -0.4 is 5.32 Å². The van der Waals surface area contributed by atoms with Crippen molar-refractivity contribution in [2.75, 3.05) is 11.2 Å². The molecular weight excluding hydrogens is 252 g/mol. The topological polar surface area (TPSA) is 110 Å². The lowest BCUT2D eigenvalue weighted by molar-refractivity contribution is -0.384. The molecule has 1 rings (SSSR count). The van der Waals surface area contributed by atoms with Crippen molar-refractivity contribution >= 4 is 34.9 Å². The van der Waals surface area contributed by atoms with Gasteiger partial charge in [0.1, 0.15) is 11.6 Å². The predicted molar refractivity (Wildman–Crippen MR) is 59.4 cm³/mol. The number of carbonyl (C=O) groups is 2. The van der Waals surface area contributed by atoms with E-state index in [1.807, 2.05) is 0 Å². The van der Waals surface area contributed by atoms with Gasteiger partial charge in [0.15, 0.2) is 0 Å². The second kappa shape index (κ2) is 5.26. The number of halogens is 1. The first-order chi connectivity index (χ1) is 7.95. The Hall–Kier alpha value is -2.15. The van der Waals surface area contributed by atoms with Gasteiger partial charge in [0, 0.05) is 6.07 Å². The van der Waals surface area contributed by atoms with Gasteiger partial charge >= 0.3 is 5.97 Å². The molecule has 0 bridgehead atoms. The summed E-state index contributed by atoms with van der Waals surface area (Å²) in [5, 5.41) is 21.6. The van der Waals surface area contributed by atoms with Crippen molar-refractivity contribution < 1.29 is 19.6 Å². The number of rotatable bonds is 4. The average Bonchev–Trinajstić information content (AvgIpc) is 2.28. The molecule has 7 nitrogen and oxygen atoms in total.